The van der Waals surface area contributed by atoms with Crippen molar-refractivity contribution in [2.75, 3.05) is 56.8 Å². The molecule has 2 aliphatic rings. The molecule has 2 fully saturated rings. The maximum absolute atomic E-state index is 13.7. The Morgan fingerprint density at radius 2 is 1.72 bits per heavy atom. The molecule has 1 spiro atoms. The molecule has 2 aliphatic heterocycles. The number of rotatable bonds is 8. The van der Waals surface area contributed by atoms with E-state index >= 15 is 0 Å². The minimum atomic E-state index is -0.779. The van der Waals surface area contributed by atoms with E-state index in [1.54, 1.807) is 16.9 Å². The van der Waals surface area contributed by atoms with Gasteiger partial charge in [0.25, 0.3) is 5.91 Å². The number of carbonyl (C=O) groups excluding carboxylic acids is 3. The average molecular weight is 494 g/mol. The molecular formula is C27H35N5O4. The van der Waals surface area contributed by atoms with E-state index in [1.165, 1.54) is 0 Å². The number of nitrogens with one attached hydrogen (secondary N) is 2. The fourth-order valence-corrected chi connectivity index (χ4v) is 4.92. The maximum Gasteiger partial charge on any atom is 0.321 e. The van der Waals surface area contributed by atoms with Gasteiger partial charge in [0, 0.05) is 44.7 Å². The van der Waals surface area contributed by atoms with Crippen LogP contribution in [0.2, 0.25) is 0 Å². The first-order chi connectivity index (χ1) is 17.4. The number of benzene rings is 2. The average Bonchev–Trinajstić information content (AvgIpc) is 3.15. The van der Waals surface area contributed by atoms with Crippen LogP contribution in [0.3, 0.4) is 0 Å². The van der Waals surface area contributed by atoms with Crippen LogP contribution in [0.1, 0.15) is 24.8 Å². The Bertz CT molecular complexity index is 1050. The molecule has 2 saturated heterocycles. The van der Waals surface area contributed by atoms with Crippen LogP contribution in [0.25, 0.3) is 0 Å². The summed E-state index contributed by atoms with van der Waals surface area (Å²) < 4.78 is 5.02. The van der Waals surface area contributed by atoms with Crippen LogP contribution < -0.4 is 15.5 Å². The number of hydrogen-bond donors (Lipinski definition) is 2. The molecule has 0 unspecified atom stereocenters. The van der Waals surface area contributed by atoms with Crippen LogP contribution in [-0.2, 0) is 14.3 Å². The number of anilines is 2. The van der Waals surface area contributed by atoms with Crippen LogP contribution in [0, 0.1) is 6.92 Å². The van der Waals surface area contributed by atoms with Gasteiger partial charge in [0.15, 0.2) is 0 Å². The van der Waals surface area contributed by atoms with Gasteiger partial charge in [0.2, 0.25) is 5.91 Å². The van der Waals surface area contributed by atoms with Gasteiger partial charge in [0.05, 0.1) is 6.67 Å². The van der Waals surface area contributed by atoms with Gasteiger partial charge < -0.3 is 30.1 Å². The number of nitrogens with zero attached hydrogens (tertiary/aromatic N) is 3. The first-order valence-corrected chi connectivity index (χ1v) is 12.4. The van der Waals surface area contributed by atoms with Gasteiger partial charge in [-0.2, -0.15) is 0 Å². The van der Waals surface area contributed by atoms with Crippen molar-refractivity contribution in [3.63, 3.8) is 0 Å². The quantitative estimate of drug-likeness (QED) is 0.552. The second kappa shape index (κ2) is 11.4. The fourth-order valence-electron chi connectivity index (χ4n) is 4.92. The molecule has 2 heterocycles. The first-order valence-electron chi connectivity index (χ1n) is 12.4. The number of aryl methyl sites for hydroxylation is 1. The molecule has 36 heavy (non-hydrogen) atoms. The maximum atomic E-state index is 13.7. The van der Waals surface area contributed by atoms with Gasteiger partial charge in [-0.1, -0.05) is 35.9 Å². The number of methoxy groups -OCH3 is 1. The molecule has 2 N–H and O–H groups in total. The van der Waals surface area contributed by atoms with Crippen LogP contribution in [0.15, 0.2) is 54.6 Å². The SMILES string of the molecule is COCCCNC(=O)CN1CN(c2ccccc2)C2(CCN(C(=O)Nc3ccc(C)cc3)CC2)C1=O. The van der Waals surface area contributed by atoms with Crippen LogP contribution >= 0.6 is 0 Å². The van der Waals surface area contributed by atoms with E-state index in [9.17, 15) is 14.4 Å². The summed E-state index contributed by atoms with van der Waals surface area (Å²) in [6.07, 6.45) is 1.71. The smallest absolute Gasteiger partial charge is 0.321 e. The number of carbonyl (C=O) groups is 3. The third-order valence-electron chi connectivity index (χ3n) is 6.94. The lowest BCUT2D eigenvalue weighted by Gasteiger charge is -2.43. The Morgan fingerprint density at radius 3 is 2.39 bits per heavy atom. The number of amides is 4. The van der Waals surface area contributed by atoms with Crippen molar-refractivity contribution in [1.82, 2.24) is 15.1 Å². The van der Waals surface area contributed by atoms with Crippen molar-refractivity contribution in [1.29, 1.82) is 0 Å². The highest BCUT2D eigenvalue weighted by Gasteiger charge is 2.54. The molecule has 0 atom stereocenters. The second-order valence-corrected chi connectivity index (χ2v) is 9.42. The Hall–Kier alpha value is -3.59. The lowest BCUT2D eigenvalue weighted by Crippen LogP contribution is -2.58. The molecule has 9 nitrogen and oxygen atoms in total. The highest BCUT2D eigenvalue weighted by molar-refractivity contribution is 5.96. The lowest BCUT2D eigenvalue weighted by atomic mass is 9.85. The molecule has 4 rings (SSSR count). The summed E-state index contributed by atoms with van der Waals surface area (Å²) in [4.78, 5) is 44.6. The summed E-state index contributed by atoms with van der Waals surface area (Å²) >= 11 is 0. The Morgan fingerprint density at radius 1 is 1.03 bits per heavy atom. The molecule has 2 aromatic carbocycles. The lowest BCUT2D eigenvalue weighted by molar-refractivity contribution is -0.137. The van der Waals surface area contributed by atoms with Crippen LogP contribution in [0.4, 0.5) is 16.2 Å². The predicted molar refractivity (Wildman–Crippen MR) is 139 cm³/mol. The van der Waals surface area contributed by atoms with Crippen LogP contribution in [-0.4, -0.2) is 79.7 Å². The van der Waals surface area contributed by atoms with E-state index in [-0.39, 0.29) is 24.4 Å². The van der Waals surface area contributed by atoms with Gasteiger partial charge in [0.1, 0.15) is 12.1 Å². The van der Waals surface area contributed by atoms with Crippen molar-refractivity contribution in [2.24, 2.45) is 0 Å². The van der Waals surface area contributed by atoms with E-state index in [0.29, 0.717) is 45.8 Å². The molecule has 0 bridgehead atoms. The zero-order valence-electron chi connectivity index (χ0n) is 21.0. The van der Waals surface area contributed by atoms with Gasteiger partial charge >= 0.3 is 6.03 Å². The minimum Gasteiger partial charge on any atom is -0.385 e. The third-order valence-corrected chi connectivity index (χ3v) is 6.94. The number of piperidine rings is 1. The zero-order chi connectivity index (χ0) is 25.5. The molecule has 0 aliphatic carbocycles. The standard InChI is InChI=1S/C27H35N5O4/c1-21-9-11-22(12-10-21)29-26(35)30-16-13-27(14-17-30)25(34)31(19-24(33)28-15-6-18-36-2)20-32(27)23-7-4-3-5-8-23/h3-5,7-12H,6,13-20H2,1-2H3,(H,28,33)(H,29,35). The molecule has 2 aromatic rings. The van der Waals surface area contributed by atoms with E-state index in [0.717, 1.165) is 23.4 Å². The molecular weight excluding hydrogens is 458 g/mol. The highest BCUT2D eigenvalue weighted by atomic mass is 16.5. The number of urea groups is 1. The van der Waals surface area contributed by atoms with Gasteiger partial charge in [-0.15, -0.1) is 0 Å². The highest BCUT2D eigenvalue weighted by Crippen LogP contribution is 2.39. The number of hydrogen-bond acceptors (Lipinski definition) is 5. The minimum absolute atomic E-state index is 0.00846. The first kappa shape index (κ1) is 25.5. The monoisotopic (exact) mass is 493 g/mol. The number of likely N-dealkylation sites (tertiary alicyclic amines) is 1. The van der Waals surface area contributed by atoms with E-state index in [2.05, 4.69) is 15.5 Å². The summed E-state index contributed by atoms with van der Waals surface area (Å²) in [6.45, 7) is 4.32. The Balaban J connectivity index is 1.44. The van der Waals surface area contributed by atoms with E-state index < -0.39 is 5.54 Å². The van der Waals surface area contributed by atoms with Gasteiger partial charge in [-0.25, -0.2) is 4.79 Å². The summed E-state index contributed by atoms with van der Waals surface area (Å²) in [5, 5.41) is 5.82. The molecule has 0 saturated carbocycles. The summed E-state index contributed by atoms with van der Waals surface area (Å²) in [6, 6.07) is 17.3. The molecule has 4 amide bonds. The van der Waals surface area contributed by atoms with Crippen molar-refractivity contribution < 1.29 is 19.1 Å². The largest absolute Gasteiger partial charge is 0.385 e. The molecule has 9 heteroatoms. The molecule has 0 aromatic heterocycles. The molecule has 0 radical (unpaired) electrons. The normalized spacial score (nSPS) is 16.9. The van der Waals surface area contributed by atoms with Gasteiger partial charge in [-0.05, 0) is 50.5 Å². The Labute approximate surface area is 212 Å². The Kier molecular flexibility index (Phi) is 8.10. The topological polar surface area (TPSA) is 94.2 Å². The fraction of sp³-hybridized carbons (Fsp3) is 0.444. The predicted octanol–water partition coefficient (Wildman–Crippen LogP) is 2.82. The van der Waals surface area contributed by atoms with E-state index in [4.69, 9.17) is 4.74 Å². The zero-order valence-corrected chi connectivity index (χ0v) is 21.0. The number of ether oxygens (including phenoxy) is 1. The number of para-hydroxylation sites is 1. The molecule has 192 valence electrons. The van der Waals surface area contributed by atoms with Crippen molar-refractivity contribution in [3.05, 3.63) is 60.2 Å². The second-order valence-electron chi connectivity index (χ2n) is 9.42. The summed E-state index contributed by atoms with van der Waals surface area (Å²) in [7, 11) is 1.62. The van der Waals surface area contributed by atoms with Crippen molar-refractivity contribution >= 4 is 29.2 Å². The summed E-state index contributed by atoms with van der Waals surface area (Å²) in [5.41, 5.74) is 2.03. The van der Waals surface area contributed by atoms with Crippen molar-refractivity contribution in [2.45, 2.75) is 31.7 Å². The van der Waals surface area contributed by atoms with Gasteiger partial charge in [-0.3, -0.25) is 9.59 Å². The van der Waals surface area contributed by atoms with Crippen LogP contribution in [0.5, 0.6) is 0 Å². The summed E-state index contributed by atoms with van der Waals surface area (Å²) in [5.74, 6) is -0.239. The van der Waals surface area contributed by atoms with E-state index in [1.807, 2.05) is 61.5 Å². The van der Waals surface area contributed by atoms with Crippen molar-refractivity contribution in [3.8, 4) is 0 Å². The third kappa shape index (κ3) is 5.62.